The quantitative estimate of drug-likeness (QED) is 0.787. The summed E-state index contributed by atoms with van der Waals surface area (Å²) < 4.78 is 0. The summed E-state index contributed by atoms with van der Waals surface area (Å²) in [5.74, 6) is 0.335. The zero-order valence-corrected chi connectivity index (χ0v) is 16.1. The van der Waals surface area contributed by atoms with E-state index < -0.39 is 0 Å². The van der Waals surface area contributed by atoms with Crippen molar-refractivity contribution in [3.05, 3.63) is 59.2 Å². The second-order valence-electron chi connectivity index (χ2n) is 6.65. The van der Waals surface area contributed by atoms with Crippen molar-refractivity contribution in [2.45, 2.75) is 37.6 Å². The number of thioether (sulfide) groups is 1. The predicted molar refractivity (Wildman–Crippen MR) is 106 cm³/mol. The number of amides is 2. The van der Waals surface area contributed by atoms with Crippen molar-refractivity contribution in [3.63, 3.8) is 0 Å². The van der Waals surface area contributed by atoms with E-state index in [9.17, 15) is 9.59 Å². The van der Waals surface area contributed by atoms with Gasteiger partial charge in [0.05, 0.1) is 5.75 Å². The lowest BCUT2D eigenvalue weighted by molar-refractivity contribution is -0.128. The van der Waals surface area contributed by atoms with Crippen LogP contribution in [0.1, 0.15) is 30.0 Å². The standard InChI is InChI=1S/C21H24N2O2S/c1-15(24)23(2)13-18-6-3-4-9-20(18)22-21(25)14-26-19-11-10-16-7-5-8-17(16)12-19/h3-4,6,9-12H,5,7-8,13-14H2,1-2H3,(H,22,25). The van der Waals surface area contributed by atoms with Gasteiger partial charge in [0.15, 0.2) is 0 Å². The van der Waals surface area contributed by atoms with Crippen LogP contribution in [0.15, 0.2) is 47.4 Å². The van der Waals surface area contributed by atoms with Crippen molar-refractivity contribution in [2.24, 2.45) is 0 Å². The summed E-state index contributed by atoms with van der Waals surface area (Å²) >= 11 is 1.56. The van der Waals surface area contributed by atoms with Gasteiger partial charge >= 0.3 is 0 Å². The van der Waals surface area contributed by atoms with Crippen LogP contribution in [0.25, 0.3) is 0 Å². The summed E-state index contributed by atoms with van der Waals surface area (Å²) in [4.78, 5) is 26.6. The molecule has 5 heteroatoms. The summed E-state index contributed by atoms with van der Waals surface area (Å²) in [5, 5.41) is 2.98. The maximum atomic E-state index is 12.4. The zero-order chi connectivity index (χ0) is 18.5. The number of carbonyl (C=O) groups excluding carboxylic acids is 2. The molecule has 0 spiro atoms. The molecule has 0 radical (unpaired) electrons. The van der Waals surface area contributed by atoms with E-state index in [-0.39, 0.29) is 11.8 Å². The van der Waals surface area contributed by atoms with E-state index in [4.69, 9.17) is 0 Å². The molecule has 0 bridgehead atoms. The van der Waals surface area contributed by atoms with Gasteiger partial charge in [0, 0.05) is 31.1 Å². The highest BCUT2D eigenvalue weighted by atomic mass is 32.2. The highest BCUT2D eigenvalue weighted by molar-refractivity contribution is 8.00. The van der Waals surface area contributed by atoms with E-state index in [1.807, 2.05) is 24.3 Å². The summed E-state index contributed by atoms with van der Waals surface area (Å²) in [6.45, 7) is 2.01. The monoisotopic (exact) mass is 368 g/mol. The first kappa shape index (κ1) is 18.5. The van der Waals surface area contributed by atoms with Gasteiger partial charge in [-0.05, 0) is 54.2 Å². The van der Waals surface area contributed by atoms with Crippen molar-refractivity contribution >= 4 is 29.3 Å². The molecule has 1 N–H and O–H groups in total. The second kappa shape index (κ2) is 8.41. The summed E-state index contributed by atoms with van der Waals surface area (Å²) in [5.41, 5.74) is 4.57. The fourth-order valence-electron chi connectivity index (χ4n) is 3.12. The average Bonchev–Trinajstić information content (AvgIpc) is 3.09. The van der Waals surface area contributed by atoms with Gasteiger partial charge in [-0.1, -0.05) is 24.3 Å². The fraction of sp³-hybridized carbons (Fsp3) is 0.333. The van der Waals surface area contributed by atoms with Crippen LogP contribution in [0.3, 0.4) is 0 Å². The van der Waals surface area contributed by atoms with Crippen LogP contribution in [0.4, 0.5) is 5.69 Å². The van der Waals surface area contributed by atoms with Crippen molar-refractivity contribution in [3.8, 4) is 0 Å². The van der Waals surface area contributed by atoms with Crippen LogP contribution in [-0.4, -0.2) is 29.5 Å². The number of benzene rings is 2. The maximum Gasteiger partial charge on any atom is 0.234 e. The summed E-state index contributed by atoms with van der Waals surface area (Å²) in [6, 6.07) is 14.1. The highest BCUT2D eigenvalue weighted by Crippen LogP contribution is 2.27. The first-order chi connectivity index (χ1) is 12.5. The molecule has 2 aromatic rings. The van der Waals surface area contributed by atoms with Crippen LogP contribution in [0, 0.1) is 0 Å². The molecule has 0 heterocycles. The van der Waals surface area contributed by atoms with Crippen LogP contribution in [-0.2, 0) is 29.0 Å². The Morgan fingerprint density at radius 1 is 1.12 bits per heavy atom. The van der Waals surface area contributed by atoms with Gasteiger partial charge in [-0.15, -0.1) is 11.8 Å². The first-order valence-corrected chi connectivity index (χ1v) is 9.85. The smallest absolute Gasteiger partial charge is 0.234 e. The van der Waals surface area contributed by atoms with Crippen LogP contribution in [0.2, 0.25) is 0 Å². The molecule has 4 nitrogen and oxygen atoms in total. The van der Waals surface area contributed by atoms with E-state index in [0.29, 0.717) is 12.3 Å². The van der Waals surface area contributed by atoms with Crippen molar-refractivity contribution in [1.29, 1.82) is 0 Å². The molecule has 1 aliphatic carbocycles. The van der Waals surface area contributed by atoms with Crippen molar-refractivity contribution < 1.29 is 9.59 Å². The van der Waals surface area contributed by atoms with E-state index in [2.05, 4.69) is 23.5 Å². The number of rotatable bonds is 6. The molecule has 0 aliphatic heterocycles. The molecule has 3 rings (SSSR count). The molecule has 136 valence electrons. The number of hydrogen-bond acceptors (Lipinski definition) is 3. The molecule has 0 atom stereocenters. The minimum atomic E-state index is -0.0339. The molecule has 26 heavy (non-hydrogen) atoms. The Morgan fingerprint density at radius 3 is 2.69 bits per heavy atom. The Kier molecular flexibility index (Phi) is 5.99. The molecule has 0 saturated carbocycles. The van der Waals surface area contributed by atoms with Gasteiger partial charge in [-0.3, -0.25) is 9.59 Å². The fourth-order valence-corrected chi connectivity index (χ4v) is 3.88. The third-order valence-corrected chi connectivity index (χ3v) is 5.67. The highest BCUT2D eigenvalue weighted by Gasteiger charge is 2.13. The lowest BCUT2D eigenvalue weighted by atomic mass is 10.1. The van der Waals surface area contributed by atoms with E-state index >= 15 is 0 Å². The van der Waals surface area contributed by atoms with Crippen LogP contribution < -0.4 is 5.32 Å². The topological polar surface area (TPSA) is 49.4 Å². The van der Waals surface area contributed by atoms with Gasteiger partial charge < -0.3 is 10.2 Å². The Bertz CT molecular complexity index is 819. The molecule has 0 saturated heterocycles. The van der Waals surface area contributed by atoms with E-state index in [1.54, 1.807) is 23.7 Å². The number of fused-ring (bicyclic) bond motifs is 1. The molecule has 0 fully saturated rings. The van der Waals surface area contributed by atoms with E-state index in [0.717, 1.165) is 22.6 Å². The minimum Gasteiger partial charge on any atom is -0.342 e. The summed E-state index contributed by atoms with van der Waals surface area (Å²) in [6.07, 6.45) is 3.55. The van der Waals surface area contributed by atoms with Gasteiger partial charge in [-0.2, -0.15) is 0 Å². The van der Waals surface area contributed by atoms with Crippen LogP contribution >= 0.6 is 11.8 Å². The number of para-hydroxylation sites is 1. The molecule has 0 unspecified atom stereocenters. The third kappa shape index (κ3) is 4.67. The average molecular weight is 369 g/mol. The Morgan fingerprint density at radius 2 is 1.88 bits per heavy atom. The summed E-state index contributed by atoms with van der Waals surface area (Å²) in [7, 11) is 1.75. The molecule has 1 aliphatic rings. The first-order valence-electron chi connectivity index (χ1n) is 8.87. The number of nitrogens with zero attached hydrogens (tertiary/aromatic N) is 1. The predicted octanol–water partition coefficient (Wildman–Crippen LogP) is 3.88. The largest absolute Gasteiger partial charge is 0.342 e. The maximum absolute atomic E-state index is 12.4. The Balaban J connectivity index is 1.59. The molecular weight excluding hydrogens is 344 g/mol. The van der Waals surface area contributed by atoms with Crippen molar-refractivity contribution in [2.75, 3.05) is 18.1 Å². The SMILES string of the molecule is CC(=O)N(C)Cc1ccccc1NC(=O)CSc1ccc2c(c1)CCC2. The molecule has 0 aromatic heterocycles. The van der Waals surface area contributed by atoms with Gasteiger partial charge in [0.2, 0.25) is 11.8 Å². The number of hydrogen-bond donors (Lipinski definition) is 1. The second-order valence-corrected chi connectivity index (χ2v) is 7.70. The van der Waals surface area contributed by atoms with Gasteiger partial charge in [0.1, 0.15) is 0 Å². The number of carbonyl (C=O) groups is 2. The molecule has 2 amide bonds. The lowest BCUT2D eigenvalue weighted by Crippen LogP contribution is -2.24. The number of nitrogens with one attached hydrogen (secondary N) is 1. The van der Waals surface area contributed by atoms with Crippen LogP contribution in [0.5, 0.6) is 0 Å². The third-order valence-electron chi connectivity index (χ3n) is 4.68. The Labute approximate surface area is 159 Å². The minimum absolute atomic E-state index is 0.00158. The number of anilines is 1. The van der Waals surface area contributed by atoms with Gasteiger partial charge in [0.25, 0.3) is 0 Å². The Hall–Kier alpha value is -2.27. The van der Waals surface area contributed by atoms with Gasteiger partial charge in [-0.25, -0.2) is 0 Å². The molecule has 2 aromatic carbocycles. The molecular formula is C21H24N2O2S. The van der Waals surface area contributed by atoms with Crippen molar-refractivity contribution in [1.82, 2.24) is 4.90 Å². The zero-order valence-electron chi connectivity index (χ0n) is 15.2. The normalized spacial score (nSPS) is 12.5. The lowest BCUT2D eigenvalue weighted by Gasteiger charge is -2.18. The van der Waals surface area contributed by atoms with E-state index in [1.165, 1.54) is 30.9 Å². The number of aryl methyl sites for hydroxylation is 2.